The molecule has 0 amide bonds. The lowest BCUT2D eigenvalue weighted by atomic mass is 9.44. The Morgan fingerprint density at radius 3 is 2.52 bits per heavy atom. The first-order valence-electron chi connectivity index (χ1n) is 10.7. The lowest BCUT2D eigenvalue weighted by Gasteiger charge is -2.61. The van der Waals surface area contributed by atoms with E-state index in [0.29, 0.717) is 30.1 Å². The van der Waals surface area contributed by atoms with E-state index in [1.54, 1.807) is 6.08 Å². The normalized spacial score (nSPS) is 46.0. The molecule has 3 aliphatic carbocycles. The van der Waals surface area contributed by atoms with Crippen molar-refractivity contribution in [1.82, 2.24) is 0 Å². The fraction of sp³-hybridized carbons (Fsp3) is 0.870. The van der Waals surface area contributed by atoms with E-state index >= 15 is 0 Å². The first kappa shape index (κ1) is 20.7. The Kier molecular flexibility index (Phi) is 5.47. The maximum atomic E-state index is 13.3. The lowest BCUT2D eigenvalue weighted by molar-refractivity contribution is -0.182. The molecule has 0 bridgehead atoms. The molecule has 0 saturated heterocycles. The summed E-state index contributed by atoms with van der Waals surface area (Å²) >= 11 is 0. The topological polar surface area (TPSA) is 23.8 Å². The summed E-state index contributed by atoms with van der Waals surface area (Å²) in [5.74, 6) is 1.56. The number of halogens is 3. The Morgan fingerprint density at radius 2 is 1.93 bits per heavy atom. The lowest BCUT2D eigenvalue weighted by Crippen LogP contribution is -2.54. The van der Waals surface area contributed by atoms with Crippen LogP contribution in [0, 0.1) is 51.8 Å². The Bertz CT molecular complexity index is 631. The van der Waals surface area contributed by atoms with Gasteiger partial charge in [-0.15, -0.1) is 0 Å². The number of alkyl halides is 3. The quantitative estimate of drug-likeness (QED) is 0.471. The third-order valence-corrected chi connectivity index (χ3v) is 8.66. The highest BCUT2D eigenvalue weighted by molar-refractivity contribution is 5.28. The average Bonchev–Trinajstić information content (AvgIpc) is 2.86. The summed E-state index contributed by atoms with van der Waals surface area (Å²) in [5, 5.41) is 9.19. The summed E-state index contributed by atoms with van der Waals surface area (Å²) in [7, 11) is 0. The van der Waals surface area contributed by atoms with Gasteiger partial charge in [-0.2, -0.15) is 18.4 Å². The summed E-state index contributed by atoms with van der Waals surface area (Å²) in [4.78, 5) is 0. The zero-order valence-electron chi connectivity index (χ0n) is 17.2. The molecule has 0 aromatic rings. The van der Waals surface area contributed by atoms with Crippen LogP contribution in [0.15, 0.2) is 11.6 Å². The molecule has 3 saturated carbocycles. The zero-order valence-corrected chi connectivity index (χ0v) is 17.2. The van der Waals surface area contributed by atoms with Crippen molar-refractivity contribution in [3.8, 4) is 6.07 Å². The minimum absolute atomic E-state index is 0.0697. The molecule has 0 radical (unpaired) electrons. The van der Waals surface area contributed by atoms with Gasteiger partial charge in [0, 0.05) is 12.5 Å². The van der Waals surface area contributed by atoms with Crippen LogP contribution in [0.1, 0.15) is 79.1 Å². The van der Waals surface area contributed by atoms with Gasteiger partial charge in [0.15, 0.2) is 0 Å². The van der Waals surface area contributed by atoms with Crippen LogP contribution in [0.5, 0.6) is 0 Å². The minimum Gasteiger partial charge on any atom is -0.193 e. The minimum atomic E-state index is -4.07. The van der Waals surface area contributed by atoms with Crippen molar-refractivity contribution in [1.29, 1.82) is 5.26 Å². The van der Waals surface area contributed by atoms with Crippen molar-refractivity contribution in [3.63, 3.8) is 0 Å². The molecule has 0 spiro atoms. The fourth-order valence-corrected chi connectivity index (χ4v) is 7.94. The summed E-state index contributed by atoms with van der Waals surface area (Å²) in [5.41, 5.74) is 1.13. The molecule has 1 nitrogen and oxygen atoms in total. The van der Waals surface area contributed by atoms with E-state index in [9.17, 15) is 18.4 Å². The Labute approximate surface area is 162 Å². The van der Waals surface area contributed by atoms with Gasteiger partial charge in [-0.05, 0) is 78.9 Å². The van der Waals surface area contributed by atoms with Crippen LogP contribution < -0.4 is 0 Å². The molecular weight excluding hydrogens is 347 g/mol. The van der Waals surface area contributed by atoms with Crippen LogP contribution in [0.4, 0.5) is 13.2 Å². The number of rotatable bonds is 3. The van der Waals surface area contributed by atoms with Crippen LogP contribution in [0.25, 0.3) is 0 Å². The van der Waals surface area contributed by atoms with Crippen LogP contribution in [-0.4, -0.2) is 6.18 Å². The van der Waals surface area contributed by atoms with E-state index in [-0.39, 0.29) is 16.7 Å². The number of hydrogen-bond donors (Lipinski definition) is 0. The van der Waals surface area contributed by atoms with Crippen LogP contribution in [-0.2, 0) is 0 Å². The van der Waals surface area contributed by atoms with Gasteiger partial charge < -0.3 is 0 Å². The standard InChI is InChI=1S/C23H34F3N/c1-5-11-21(3)17(14-23(24,25)26)6-8-18-19-9-7-16(10-12-27)22(19,4)13-15(2)20(18)21/h10,15,17-20H,5-9,11,13-14H2,1-4H3/b16-10-. The second-order valence-electron chi connectivity index (χ2n) is 10.1. The maximum absolute atomic E-state index is 13.3. The first-order valence-corrected chi connectivity index (χ1v) is 10.7. The summed E-state index contributed by atoms with van der Waals surface area (Å²) in [6.07, 6.45) is 3.63. The van der Waals surface area contributed by atoms with E-state index in [4.69, 9.17) is 0 Å². The predicted molar refractivity (Wildman–Crippen MR) is 102 cm³/mol. The molecule has 152 valence electrons. The number of fused-ring (bicyclic) bond motifs is 3. The second-order valence-corrected chi connectivity index (χ2v) is 10.1. The van der Waals surface area contributed by atoms with Crippen LogP contribution in [0.2, 0.25) is 0 Å². The molecule has 7 unspecified atom stereocenters. The van der Waals surface area contributed by atoms with Crippen molar-refractivity contribution in [2.75, 3.05) is 0 Å². The van der Waals surface area contributed by atoms with E-state index in [1.165, 1.54) is 5.57 Å². The van der Waals surface area contributed by atoms with Gasteiger partial charge in [0.05, 0.1) is 6.07 Å². The molecular formula is C23H34F3N. The Hall–Kier alpha value is -0.980. The van der Waals surface area contributed by atoms with E-state index in [1.807, 2.05) is 0 Å². The highest BCUT2D eigenvalue weighted by Crippen LogP contribution is 2.68. The third kappa shape index (κ3) is 3.45. The van der Waals surface area contributed by atoms with Crippen LogP contribution in [0.3, 0.4) is 0 Å². The van der Waals surface area contributed by atoms with E-state index in [0.717, 1.165) is 38.5 Å². The van der Waals surface area contributed by atoms with Crippen molar-refractivity contribution >= 4 is 0 Å². The van der Waals surface area contributed by atoms with Crippen molar-refractivity contribution in [2.24, 2.45) is 40.4 Å². The largest absolute Gasteiger partial charge is 0.389 e. The maximum Gasteiger partial charge on any atom is 0.389 e. The number of hydrogen-bond acceptors (Lipinski definition) is 1. The van der Waals surface area contributed by atoms with E-state index < -0.39 is 12.6 Å². The summed E-state index contributed by atoms with van der Waals surface area (Å²) in [6, 6.07) is 2.24. The molecule has 0 heterocycles. The van der Waals surface area contributed by atoms with E-state index in [2.05, 4.69) is 33.8 Å². The molecule has 0 N–H and O–H groups in total. The zero-order chi connectivity index (χ0) is 20.0. The van der Waals surface area contributed by atoms with Gasteiger partial charge in [0.1, 0.15) is 0 Å². The smallest absolute Gasteiger partial charge is 0.193 e. The monoisotopic (exact) mass is 381 g/mol. The van der Waals surface area contributed by atoms with Crippen molar-refractivity contribution in [3.05, 3.63) is 11.6 Å². The SMILES string of the molecule is CCCC1(C)C(CC(F)(F)F)CCC2C3CC/C(=C/C#N)C3(C)CC(C)C21. The number of allylic oxidation sites excluding steroid dienone is 2. The first-order chi connectivity index (χ1) is 12.6. The molecule has 3 fully saturated rings. The average molecular weight is 382 g/mol. The molecule has 3 rings (SSSR count). The fourth-order valence-electron chi connectivity index (χ4n) is 7.94. The van der Waals surface area contributed by atoms with Crippen molar-refractivity contribution in [2.45, 2.75) is 85.2 Å². The number of nitriles is 1. The molecule has 0 aromatic heterocycles. The van der Waals surface area contributed by atoms with Gasteiger partial charge in [-0.25, -0.2) is 0 Å². The third-order valence-electron chi connectivity index (χ3n) is 8.66. The molecule has 3 aliphatic rings. The van der Waals surface area contributed by atoms with Gasteiger partial charge in [-0.1, -0.05) is 39.7 Å². The van der Waals surface area contributed by atoms with Gasteiger partial charge in [0.2, 0.25) is 0 Å². The second kappa shape index (κ2) is 7.12. The molecule has 0 aliphatic heterocycles. The summed E-state index contributed by atoms with van der Waals surface area (Å²) in [6.45, 7) is 8.87. The predicted octanol–water partition coefficient (Wildman–Crippen LogP) is 7.29. The molecule has 27 heavy (non-hydrogen) atoms. The van der Waals surface area contributed by atoms with Gasteiger partial charge >= 0.3 is 6.18 Å². The number of nitrogens with zero attached hydrogens (tertiary/aromatic N) is 1. The van der Waals surface area contributed by atoms with Gasteiger partial charge in [-0.3, -0.25) is 0 Å². The molecule has 0 aromatic carbocycles. The Balaban J connectivity index is 1.96. The highest BCUT2D eigenvalue weighted by atomic mass is 19.4. The summed E-state index contributed by atoms with van der Waals surface area (Å²) < 4.78 is 40.0. The highest BCUT2D eigenvalue weighted by Gasteiger charge is 2.60. The molecule has 7 atom stereocenters. The van der Waals surface area contributed by atoms with Gasteiger partial charge in [0.25, 0.3) is 0 Å². The molecule has 4 heteroatoms. The Morgan fingerprint density at radius 1 is 1.22 bits per heavy atom. The van der Waals surface area contributed by atoms with Crippen LogP contribution >= 0.6 is 0 Å². The van der Waals surface area contributed by atoms with Crippen molar-refractivity contribution < 1.29 is 13.2 Å².